The fourth-order valence-corrected chi connectivity index (χ4v) is 13.2. The number of nitrogens with one attached hydrogen (secondary N) is 3. The Morgan fingerprint density at radius 2 is 0.853 bits per heavy atom. The number of hydrogen-bond acceptors (Lipinski definition) is 20. The van der Waals surface area contributed by atoms with Crippen molar-refractivity contribution in [3.8, 4) is 45.6 Å². The zero-order valence-electron chi connectivity index (χ0n) is 37.0. The van der Waals surface area contributed by atoms with Gasteiger partial charge in [0, 0.05) is 49.5 Å². The molecule has 0 unspecified atom stereocenters. The molecule has 0 atom stereocenters. The largest absolute Gasteiger partial charge is 2.00 e. The number of rotatable bonds is 8. The number of nitrogen functional groups attached to an aromatic ring is 1. The second kappa shape index (κ2) is 18.8. The molecule has 0 saturated carbocycles. The quantitative estimate of drug-likeness (QED) is 0.0478. The van der Waals surface area contributed by atoms with E-state index in [1.165, 1.54) is 0 Å². The maximum absolute atomic E-state index is 11.8. The first kappa shape index (κ1) is 52.1. The number of benzene rings is 6. The van der Waals surface area contributed by atoms with Crippen LogP contribution < -0.4 is 14.8 Å². The average Bonchev–Trinajstić information content (AvgIpc) is 4.07. The Morgan fingerprint density at radius 1 is 0.480 bits per heavy atom. The number of H-pyrrole nitrogens is 2. The summed E-state index contributed by atoms with van der Waals surface area (Å²) in [7, 11) is -29.5. The van der Waals surface area contributed by atoms with Crippen LogP contribution in [0.4, 0.5) is 22.7 Å². The summed E-state index contributed by atoms with van der Waals surface area (Å²) in [6.45, 7) is 0. The fraction of sp³-hybridized carbons (Fsp3) is 0. The van der Waals surface area contributed by atoms with Crippen LogP contribution in [0, 0.1) is 0 Å². The monoisotopic (exact) mass is 1160 g/mol. The number of nitrogens with zero attached hydrogens (tertiary/aromatic N) is 7. The van der Waals surface area contributed by atoms with E-state index in [1.54, 1.807) is 0 Å². The summed E-state index contributed by atoms with van der Waals surface area (Å²) in [6.07, 6.45) is 0. The second-order valence-electron chi connectivity index (χ2n) is 15.8. The van der Waals surface area contributed by atoms with Crippen molar-refractivity contribution in [2.24, 2.45) is 0 Å². The molecule has 9 aromatic rings. The zero-order chi connectivity index (χ0) is 52.7. The number of anilines is 4. The number of nitrogens with two attached hydrogens (primary N) is 1. The Labute approximate surface area is 433 Å². The fourth-order valence-electron chi connectivity index (χ4n) is 7.98. The van der Waals surface area contributed by atoms with Gasteiger partial charge in [0.05, 0.1) is 17.1 Å². The van der Waals surface area contributed by atoms with Gasteiger partial charge < -0.3 is 30.1 Å². The third-order valence-corrected chi connectivity index (χ3v) is 18.1. The molecule has 75 heavy (non-hydrogen) atoms. The number of fused-ring (bicyclic) bond motifs is 20. The molecule has 2 aliphatic heterocycles. The minimum absolute atomic E-state index is 0. The maximum atomic E-state index is 11.8. The van der Waals surface area contributed by atoms with Crippen LogP contribution in [-0.2, 0) is 65.8 Å². The van der Waals surface area contributed by atoms with E-state index in [9.17, 15) is 55.7 Å². The van der Waals surface area contributed by atoms with Crippen LogP contribution in [0.5, 0.6) is 0 Å². The van der Waals surface area contributed by atoms with Gasteiger partial charge in [-0.25, -0.2) is 46.7 Å². The van der Waals surface area contributed by atoms with E-state index in [-0.39, 0.29) is 28.8 Å². The number of aromatic nitrogens is 8. The molecule has 0 aliphatic carbocycles. The van der Waals surface area contributed by atoms with E-state index in [0.29, 0.717) is 58.0 Å². The van der Waals surface area contributed by atoms with Gasteiger partial charge in [-0.05, 0) is 36.4 Å². The third kappa shape index (κ3) is 9.76. The molecule has 6 aromatic carbocycles. The molecular weight excluding hydrogens is 1130 g/mol. The molecule has 7 N–H and O–H groups in total. The summed E-state index contributed by atoms with van der Waals surface area (Å²) in [5, 5.41) is 6.07. The topological polar surface area (TPSA) is 407 Å². The summed E-state index contributed by atoms with van der Waals surface area (Å²) < 4.78 is 154. The number of hydrogen-bond donors (Lipinski definition) is 6. The molecule has 2 aliphatic rings. The van der Waals surface area contributed by atoms with Gasteiger partial charge in [0.15, 0.2) is 33.6 Å². The average molecular weight is 1160 g/mol. The standard InChI is InChI=1S/C32H18N8.C12H13N3O14S5.Cu/c1-2-10-18-17(9-1)25-33-26(18)38-28-21-13-5-6-14-22(21)30(35-28)40-32-24-16-8-7-15-23(24)31(36-32)39-29-20-12-4-3-11-19(20)27(34-29)37-25;13-9-3-1-7(5-11(9)30(16,17)18)14-10-4-2-8(6-12(10)31(19,20)21)15(32(22,23)24)33(25,26)34(27,28)29;/h1-16H,(H2,33,34,35,36,37,38,39,40);1-6,14H,13H2,(H,16,17,18)(H,19,20,21)(H,22,23,24)(H,27,28,29);/q;;+2/p-2. The van der Waals surface area contributed by atoms with Crippen molar-refractivity contribution in [2.45, 2.75) is 9.79 Å². The van der Waals surface area contributed by atoms with Crippen LogP contribution in [0.2, 0.25) is 0 Å². The predicted molar refractivity (Wildman–Crippen MR) is 267 cm³/mol. The predicted octanol–water partition coefficient (Wildman–Crippen LogP) is 5.43. The minimum Gasteiger partial charge on any atom is -0.734 e. The molecule has 31 heteroatoms. The van der Waals surface area contributed by atoms with Gasteiger partial charge in [0.1, 0.15) is 32.4 Å². The van der Waals surface area contributed by atoms with Gasteiger partial charge in [0.2, 0.25) is 9.15 Å². The molecule has 0 fully saturated rings. The van der Waals surface area contributed by atoms with Crippen molar-refractivity contribution in [1.82, 2.24) is 39.9 Å². The Balaban J connectivity index is 0.000000185. The van der Waals surface area contributed by atoms with Gasteiger partial charge in [0.25, 0.3) is 20.2 Å². The van der Waals surface area contributed by atoms with E-state index < -0.39 is 79.3 Å². The third-order valence-electron chi connectivity index (χ3n) is 11.1. The van der Waals surface area contributed by atoms with Crippen molar-refractivity contribution in [1.29, 1.82) is 0 Å². The van der Waals surface area contributed by atoms with Crippen molar-refractivity contribution >= 4 is 116 Å². The van der Waals surface area contributed by atoms with Crippen LogP contribution in [0.1, 0.15) is 0 Å². The van der Waals surface area contributed by atoms with Crippen LogP contribution in [0.15, 0.2) is 143 Å². The molecule has 25 nitrogen and oxygen atoms in total. The van der Waals surface area contributed by atoms with Crippen molar-refractivity contribution in [2.75, 3.05) is 14.8 Å². The van der Waals surface area contributed by atoms with Crippen LogP contribution in [0.3, 0.4) is 0 Å². The second-order valence-corrected chi connectivity index (χ2v) is 24.6. The van der Waals surface area contributed by atoms with E-state index in [4.69, 9.17) is 40.2 Å². The van der Waals surface area contributed by atoms with E-state index >= 15 is 0 Å². The van der Waals surface area contributed by atoms with Crippen molar-refractivity contribution < 1.29 is 77.4 Å². The van der Waals surface area contributed by atoms with Crippen LogP contribution >= 0.6 is 0 Å². The van der Waals surface area contributed by atoms with Crippen LogP contribution in [0.25, 0.3) is 89.7 Å². The summed E-state index contributed by atoms with van der Waals surface area (Å²) >= 11 is 0. The molecular formula is C44H29CuN11O14S5. The molecule has 3 aromatic heterocycles. The molecule has 8 bridgehead atoms. The first-order chi connectivity index (χ1) is 34.9. The smallest absolute Gasteiger partial charge is 0.734 e. The normalized spacial score (nSPS) is 12.5. The Bertz CT molecular complexity index is 4340. The molecule has 11 rings (SSSR count). The Morgan fingerprint density at radius 3 is 1.20 bits per heavy atom. The van der Waals surface area contributed by atoms with Gasteiger partial charge in [-0.2, -0.15) is 29.0 Å². The first-order valence-electron chi connectivity index (χ1n) is 20.8. The molecule has 0 amide bonds. The molecule has 0 saturated heterocycles. The molecule has 1 radical (unpaired) electrons. The van der Waals surface area contributed by atoms with E-state index in [2.05, 4.69) is 15.3 Å². The Hall–Kier alpha value is -7.81. The molecule has 5 heterocycles. The first-order valence-corrected chi connectivity index (χ1v) is 28.4. The van der Waals surface area contributed by atoms with Gasteiger partial charge >= 0.3 is 26.1 Å². The zero-order valence-corrected chi connectivity index (χ0v) is 42.1. The van der Waals surface area contributed by atoms with Gasteiger partial charge in [-0.1, -0.05) is 97.1 Å². The maximum Gasteiger partial charge on any atom is 2.00 e. The molecule has 0 spiro atoms. The van der Waals surface area contributed by atoms with E-state index in [1.807, 2.05) is 97.1 Å². The summed E-state index contributed by atoms with van der Waals surface area (Å²) in [4.78, 5) is 34.6. The molecule has 385 valence electrons. The van der Waals surface area contributed by atoms with Gasteiger partial charge in [-0.3, -0.25) is 9.11 Å². The van der Waals surface area contributed by atoms with Crippen LogP contribution in [-0.4, -0.2) is 100 Å². The van der Waals surface area contributed by atoms with Crippen molar-refractivity contribution in [3.05, 3.63) is 133 Å². The summed E-state index contributed by atoms with van der Waals surface area (Å²) in [5.74, 6) is 2.39. The summed E-state index contributed by atoms with van der Waals surface area (Å²) in [6, 6.07) is 35.9. The SMILES string of the molecule is Nc1ccc(Nc2ccc(N(S(=O)(=O)[O-])S(=O)(=O)S(=O)(=O)[O-])cc2S(=O)(=O)O)cc1S(=O)(=O)O.[Cu+2].c1ccc2c(c1)-c1nc-2nc2[nH]c(nc3nc(nc4[nH]c(n1)c1ccccc41)-c1ccccc1-3)c1ccccc21. The minimum atomic E-state index is -6.51. The summed E-state index contributed by atoms with van der Waals surface area (Å²) in [5.41, 5.74) is 8.98. The van der Waals surface area contributed by atoms with Gasteiger partial charge in [-0.15, -0.1) is 0 Å². The van der Waals surface area contributed by atoms with Crippen molar-refractivity contribution in [3.63, 3.8) is 0 Å². The Kier molecular flexibility index (Phi) is 13.1. The van der Waals surface area contributed by atoms with E-state index in [0.717, 1.165) is 62.0 Å². The number of aromatic amines is 2.